The summed E-state index contributed by atoms with van der Waals surface area (Å²) < 4.78 is 47.7. The SMILES string of the molecule is COc1ccc(OC)c(C2CCN(c3cnnc(NNC(=O)CC(F)(F)F)c3Cl)CC2)c1. The number of alkyl halides is 3. The molecular weight excluding hydrogens is 451 g/mol. The number of methoxy groups -OCH3 is 2. The summed E-state index contributed by atoms with van der Waals surface area (Å²) in [5.41, 5.74) is 5.90. The van der Waals surface area contributed by atoms with Crippen molar-refractivity contribution in [2.45, 2.75) is 31.4 Å². The number of aromatic nitrogens is 2. The van der Waals surface area contributed by atoms with Crippen LogP contribution in [0.25, 0.3) is 0 Å². The van der Waals surface area contributed by atoms with Crippen LogP contribution in [0, 0.1) is 0 Å². The van der Waals surface area contributed by atoms with Crippen molar-refractivity contribution >= 4 is 29.0 Å². The Hall–Kier alpha value is -2.95. The number of anilines is 2. The lowest BCUT2D eigenvalue weighted by molar-refractivity contribution is -0.153. The summed E-state index contributed by atoms with van der Waals surface area (Å²) in [4.78, 5) is 13.4. The highest BCUT2D eigenvalue weighted by Crippen LogP contribution is 2.39. The minimum absolute atomic E-state index is 0.0312. The monoisotopic (exact) mass is 473 g/mol. The highest BCUT2D eigenvalue weighted by atomic mass is 35.5. The molecule has 0 atom stereocenters. The van der Waals surface area contributed by atoms with Gasteiger partial charge in [-0.3, -0.25) is 15.6 Å². The molecule has 0 bridgehead atoms. The van der Waals surface area contributed by atoms with Crippen molar-refractivity contribution < 1.29 is 27.4 Å². The molecule has 32 heavy (non-hydrogen) atoms. The fourth-order valence-electron chi connectivity index (χ4n) is 3.61. The molecule has 0 saturated carbocycles. The van der Waals surface area contributed by atoms with E-state index < -0.39 is 18.5 Å². The second-order valence-electron chi connectivity index (χ2n) is 7.23. The van der Waals surface area contributed by atoms with Gasteiger partial charge in [0.05, 0.1) is 26.1 Å². The quantitative estimate of drug-likeness (QED) is 0.589. The average Bonchev–Trinajstić information content (AvgIpc) is 2.77. The van der Waals surface area contributed by atoms with E-state index in [0.717, 1.165) is 29.9 Å². The molecule has 8 nitrogen and oxygen atoms in total. The van der Waals surface area contributed by atoms with Gasteiger partial charge in [-0.1, -0.05) is 11.6 Å². The Morgan fingerprint density at radius 1 is 1.25 bits per heavy atom. The van der Waals surface area contributed by atoms with Crippen LogP contribution >= 0.6 is 11.6 Å². The topological polar surface area (TPSA) is 88.6 Å². The Morgan fingerprint density at radius 2 is 1.97 bits per heavy atom. The second-order valence-corrected chi connectivity index (χ2v) is 7.60. The summed E-state index contributed by atoms with van der Waals surface area (Å²) in [6.45, 7) is 1.33. The second kappa shape index (κ2) is 10.1. The minimum Gasteiger partial charge on any atom is -0.497 e. The van der Waals surface area contributed by atoms with Crippen molar-refractivity contribution in [3.05, 3.63) is 35.0 Å². The number of piperidine rings is 1. The number of amides is 1. The molecule has 1 aromatic heterocycles. The molecule has 1 aliphatic heterocycles. The van der Waals surface area contributed by atoms with Crippen LogP contribution in [0.2, 0.25) is 5.02 Å². The maximum absolute atomic E-state index is 12.3. The van der Waals surface area contributed by atoms with Crippen molar-refractivity contribution in [3.63, 3.8) is 0 Å². The zero-order chi connectivity index (χ0) is 23.3. The molecule has 0 spiro atoms. The molecule has 174 valence electrons. The lowest BCUT2D eigenvalue weighted by atomic mass is 9.88. The van der Waals surface area contributed by atoms with Gasteiger partial charge in [-0.2, -0.15) is 18.3 Å². The summed E-state index contributed by atoms with van der Waals surface area (Å²) in [7, 11) is 3.24. The van der Waals surface area contributed by atoms with Crippen LogP contribution in [0.15, 0.2) is 24.4 Å². The number of nitrogens with zero attached hydrogens (tertiary/aromatic N) is 3. The lowest BCUT2D eigenvalue weighted by Gasteiger charge is -2.34. The average molecular weight is 474 g/mol. The van der Waals surface area contributed by atoms with Crippen LogP contribution in [-0.4, -0.2) is 49.6 Å². The van der Waals surface area contributed by atoms with E-state index in [4.69, 9.17) is 21.1 Å². The molecule has 0 unspecified atom stereocenters. The van der Waals surface area contributed by atoms with Crippen molar-refractivity contribution in [3.8, 4) is 11.5 Å². The highest BCUT2D eigenvalue weighted by Gasteiger charge is 2.31. The van der Waals surface area contributed by atoms with E-state index >= 15 is 0 Å². The number of ether oxygens (including phenoxy) is 2. The van der Waals surface area contributed by atoms with Crippen LogP contribution in [-0.2, 0) is 4.79 Å². The predicted molar refractivity (Wildman–Crippen MR) is 113 cm³/mol. The van der Waals surface area contributed by atoms with Crippen LogP contribution in [0.1, 0.15) is 30.7 Å². The standard InChI is InChI=1S/C20H23ClF3N5O3/c1-31-13-3-4-16(32-2)14(9-13)12-5-7-29(8-6-12)15-11-25-27-19(18(15)21)28-26-17(30)10-20(22,23)24/h3-4,9,11-12H,5-8,10H2,1-2H3,(H,26,30)(H,27,28). The molecule has 3 rings (SSSR count). The number of rotatable bonds is 7. The smallest absolute Gasteiger partial charge is 0.397 e. The molecule has 1 saturated heterocycles. The van der Waals surface area contributed by atoms with Gasteiger partial charge in [-0.25, -0.2) is 0 Å². The van der Waals surface area contributed by atoms with E-state index in [1.165, 1.54) is 6.20 Å². The number of hydrogen-bond acceptors (Lipinski definition) is 7. The van der Waals surface area contributed by atoms with Crippen molar-refractivity contribution in [1.82, 2.24) is 15.6 Å². The maximum atomic E-state index is 12.3. The first-order chi connectivity index (χ1) is 15.2. The first kappa shape index (κ1) is 23.7. The third kappa shape index (κ3) is 5.84. The fourth-order valence-corrected chi connectivity index (χ4v) is 3.86. The first-order valence-corrected chi connectivity index (χ1v) is 10.2. The fraction of sp³-hybridized carbons (Fsp3) is 0.450. The van der Waals surface area contributed by atoms with Gasteiger partial charge in [0.1, 0.15) is 22.9 Å². The molecule has 12 heteroatoms. The number of halogens is 4. The Morgan fingerprint density at radius 3 is 2.59 bits per heavy atom. The van der Waals surface area contributed by atoms with E-state index in [1.807, 2.05) is 28.5 Å². The van der Waals surface area contributed by atoms with Gasteiger partial charge in [0.25, 0.3) is 0 Å². The van der Waals surface area contributed by atoms with E-state index in [1.54, 1.807) is 14.2 Å². The van der Waals surface area contributed by atoms with E-state index in [2.05, 4.69) is 15.6 Å². The Bertz CT molecular complexity index is 953. The molecule has 0 aliphatic carbocycles. The molecule has 1 fully saturated rings. The van der Waals surface area contributed by atoms with E-state index in [9.17, 15) is 18.0 Å². The van der Waals surface area contributed by atoms with Gasteiger partial charge < -0.3 is 14.4 Å². The number of hydrogen-bond donors (Lipinski definition) is 2. The van der Waals surface area contributed by atoms with E-state index in [0.29, 0.717) is 18.8 Å². The zero-order valence-electron chi connectivity index (χ0n) is 17.5. The molecule has 1 aromatic carbocycles. The van der Waals surface area contributed by atoms with Crippen LogP contribution < -0.4 is 25.2 Å². The summed E-state index contributed by atoms with van der Waals surface area (Å²) in [5.74, 6) is 0.524. The van der Waals surface area contributed by atoms with Gasteiger partial charge in [-0.15, -0.1) is 5.10 Å². The lowest BCUT2D eigenvalue weighted by Crippen LogP contribution is -2.35. The van der Waals surface area contributed by atoms with Gasteiger partial charge >= 0.3 is 6.18 Å². The van der Waals surface area contributed by atoms with Gasteiger partial charge in [0, 0.05) is 18.7 Å². The summed E-state index contributed by atoms with van der Waals surface area (Å²) in [6.07, 6.45) is -3.12. The molecule has 1 aliphatic rings. The van der Waals surface area contributed by atoms with Crippen molar-refractivity contribution in [1.29, 1.82) is 0 Å². The number of carbonyl (C=O) groups excluding carboxylic acids is 1. The van der Waals surface area contributed by atoms with Gasteiger partial charge in [0.2, 0.25) is 5.91 Å². The molecule has 1 amide bonds. The Balaban J connectivity index is 1.66. The van der Waals surface area contributed by atoms with E-state index in [-0.39, 0.29) is 16.8 Å². The van der Waals surface area contributed by atoms with Crippen molar-refractivity contribution in [2.75, 3.05) is 37.6 Å². The van der Waals surface area contributed by atoms with Gasteiger partial charge in [-0.05, 0) is 37.0 Å². The summed E-state index contributed by atoms with van der Waals surface area (Å²) >= 11 is 6.38. The number of nitrogens with one attached hydrogen (secondary N) is 2. The normalized spacial score (nSPS) is 14.8. The van der Waals surface area contributed by atoms with Crippen LogP contribution in [0.5, 0.6) is 11.5 Å². The third-order valence-corrected chi connectivity index (χ3v) is 5.54. The first-order valence-electron chi connectivity index (χ1n) is 9.81. The molecule has 0 radical (unpaired) electrons. The Kier molecular flexibility index (Phi) is 7.49. The minimum atomic E-state index is -4.61. The van der Waals surface area contributed by atoms with Crippen LogP contribution in [0.4, 0.5) is 24.7 Å². The van der Waals surface area contributed by atoms with Crippen LogP contribution in [0.3, 0.4) is 0 Å². The maximum Gasteiger partial charge on any atom is 0.397 e. The van der Waals surface area contributed by atoms with Gasteiger partial charge in [0.15, 0.2) is 5.82 Å². The molecular formula is C20H23ClF3N5O3. The molecule has 2 N–H and O–H groups in total. The number of hydrazine groups is 1. The number of benzene rings is 1. The third-order valence-electron chi connectivity index (χ3n) is 5.16. The zero-order valence-corrected chi connectivity index (χ0v) is 18.3. The Labute approximate surface area is 188 Å². The van der Waals surface area contributed by atoms with Crippen molar-refractivity contribution in [2.24, 2.45) is 0 Å². The summed E-state index contributed by atoms with van der Waals surface area (Å²) in [5, 5.41) is 7.77. The molecule has 2 aromatic rings. The highest BCUT2D eigenvalue weighted by molar-refractivity contribution is 6.35. The summed E-state index contributed by atoms with van der Waals surface area (Å²) in [6, 6.07) is 5.71. The number of carbonyl (C=O) groups is 1. The largest absolute Gasteiger partial charge is 0.497 e. The predicted octanol–water partition coefficient (Wildman–Crippen LogP) is 3.93. The molecule has 2 heterocycles.